The van der Waals surface area contributed by atoms with Crippen LogP contribution in [0.1, 0.15) is 36.0 Å². The van der Waals surface area contributed by atoms with Crippen LogP contribution in [-0.4, -0.2) is 30.8 Å². The normalized spacial score (nSPS) is 20.8. The van der Waals surface area contributed by atoms with Crippen LogP contribution in [-0.2, 0) is 11.0 Å². The highest BCUT2D eigenvalue weighted by Gasteiger charge is 2.51. The van der Waals surface area contributed by atoms with Crippen LogP contribution < -0.4 is 15.4 Å². The largest absolute Gasteiger partial charge is 0.492 e. The fraction of sp³-hybridized carbons (Fsp3) is 0.364. The van der Waals surface area contributed by atoms with Crippen LogP contribution in [0.5, 0.6) is 5.75 Å². The number of benzene rings is 2. The fourth-order valence-electron chi connectivity index (χ4n) is 3.81. The van der Waals surface area contributed by atoms with Gasteiger partial charge in [-0.2, -0.15) is 31.6 Å². The number of rotatable bonds is 5. The van der Waals surface area contributed by atoms with Gasteiger partial charge in [-0.1, -0.05) is 6.07 Å². The molecule has 1 amide bonds. The molecule has 1 fully saturated rings. The van der Waals surface area contributed by atoms with E-state index in [0.29, 0.717) is 17.5 Å². The number of nitrogens with zero attached hydrogens (tertiary/aromatic N) is 1. The third-order valence-electron chi connectivity index (χ3n) is 5.23. The topological polar surface area (TPSA) is 74.1 Å². The van der Waals surface area contributed by atoms with Crippen LogP contribution in [0.15, 0.2) is 42.5 Å². The third-order valence-corrected chi connectivity index (χ3v) is 5.23. The number of hydrogen-bond donors (Lipinski definition) is 2. The van der Waals surface area contributed by atoms with Gasteiger partial charge in [-0.25, -0.2) is 0 Å². The van der Waals surface area contributed by atoms with Crippen LogP contribution >= 0.6 is 0 Å². The maximum atomic E-state index is 13.6. The molecule has 11 heteroatoms. The average molecular weight is 471 g/mol. The number of nitrogens with one attached hydrogen (secondary N) is 2. The molecule has 176 valence electrons. The number of nitriles is 1. The molecule has 0 bridgehead atoms. The van der Waals surface area contributed by atoms with Gasteiger partial charge in [-0.15, -0.1) is 0 Å². The van der Waals surface area contributed by atoms with Crippen molar-refractivity contribution in [3.05, 3.63) is 59.2 Å². The van der Waals surface area contributed by atoms with Crippen molar-refractivity contribution in [2.75, 3.05) is 11.9 Å². The van der Waals surface area contributed by atoms with E-state index < -0.39 is 41.5 Å². The molecule has 0 aromatic heterocycles. The zero-order chi connectivity index (χ0) is 24.4. The smallest absolute Gasteiger partial charge is 0.417 e. The number of amides is 1. The van der Waals surface area contributed by atoms with Gasteiger partial charge in [-0.3, -0.25) is 10.1 Å². The van der Waals surface area contributed by atoms with Gasteiger partial charge in [0, 0.05) is 24.6 Å². The Morgan fingerprint density at radius 1 is 1.15 bits per heavy atom. The lowest BCUT2D eigenvalue weighted by atomic mass is 9.88. The SMILES string of the molecule is CC(=O)Nc1ccc(OC[C@@H]2CC(c3ccc(C#N)c(C(F)(F)F)c3)[C@H](C(F)(F)F)N2)cc1. The number of hydrogen-bond acceptors (Lipinski definition) is 4. The monoisotopic (exact) mass is 471 g/mol. The summed E-state index contributed by atoms with van der Waals surface area (Å²) in [5.74, 6) is -1.19. The lowest BCUT2D eigenvalue weighted by Gasteiger charge is -2.23. The minimum absolute atomic E-state index is 0.114. The standard InChI is InChI=1S/C22H19F6N3O2/c1-12(32)30-15-4-6-17(7-5-15)33-11-16-9-18(20(31-16)22(26,27)28)13-2-3-14(10-29)19(8-13)21(23,24)25/h2-8,16,18,20,31H,9,11H2,1H3,(H,30,32)/t16-,18?,20+/m0/s1. The molecule has 3 rings (SSSR count). The Labute approximate surface area is 185 Å². The lowest BCUT2D eigenvalue weighted by Crippen LogP contribution is -2.44. The second-order valence-electron chi connectivity index (χ2n) is 7.66. The predicted octanol–water partition coefficient (Wildman–Crippen LogP) is 4.99. The zero-order valence-electron chi connectivity index (χ0n) is 17.2. The summed E-state index contributed by atoms with van der Waals surface area (Å²) in [5, 5.41) is 13.9. The van der Waals surface area contributed by atoms with Gasteiger partial charge in [0.25, 0.3) is 0 Å². The molecule has 1 saturated heterocycles. The summed E-state index contributed by atoms with van der Waals surface area (Å²) in [6.45, 7) is 1.19. The predicted molar refractivity (Wildman–Crippen MR) is 107 cm³/mol. The minimum atomic E-state index is -4.87. The summed E-state index contributed by atoms with van der Waals surface area (Å²) in [7, 11) is 0. The van der Waals surface area contributed by atoms with E-state index >= 15 is 0 Å². The first kappa shape index (κ1) is 24.4. The molecular weight excluding hydrogens is 452 g/mol. The van der Waals surface area contributed by atoms with E-state index in [-0.39, 0.29) is 24.5 Å². The Bertz CT molecular complexity index is 1040. The molecule has 0 aliphatic carbocycles. The Kier molecular flexibility index (Phi) is 6.88. The van der Waals surface area contributed by atoms with Crippen molar-refractivity contribution < 1.29 is 35.9 Å². The van der Waals surface area contributed by atoms with Gasteiger partial charge in [-0.05, 0) is 48.4 Å². The highest BCUT2D eigenvalue weighted by atomic mass is 19.4. The number of carbonyl (C=O) groups is 1. The second-order valence-corrected chi connectivity index (χ2v) is 7.66. The highest BCUT2D eigenvalue weighted by Crippen LogP contribution is 2.42. The van der Waals surface area contributed by atoms with Crippen molar-refractivity contribution in [3.8, 4) is 11.8 Å². The number of ether oxygens (including phenoxy) is 1. The molecule has 0 spiro atoms. The molecule has 5 nitrogen and oxygen atoms in total. The van der Waals surface area contributed by atoms with Gasteiger partial charge >= 0.3 is 12.4 Å². The molecule has 1 aliphatic heterocycles. The molecule has 33 heavy (non-hydrogen) atoms. The molecule has 3 atom stereocenters. The first-order valence-electron chi connectivity index (χ1n) is 9.83. The molecule has 0 radical (unpaired) electrons. The molecule has 1 heterocycles. The summed E-state index contributed by atoms with van der Waals surface area (Å²) in [4.78, 5) is 11.0. The molecule has 1 aliphatic rings. The van der Waals surface area contributed by atoms with E-state index in [2.05, 4.69) is 10.6 Å². The molecular formula is C22H19F6N3O2. The fourth-order valence-corrected chi connectivity index (χ4v) is 3.81. The van der Waals surface area contributed by atoms with E-state index in [0.717, 1.165) is 12.1 Å². The first-order valence-corrected chi connectivity index (χ1v) is 9.83. The quantitative estimate of drug-likeness (QED) is 0.603. The van der Waals surface area contributed by atoms with E-state index in [1.807, 2.05) is 0 Å². The van der Waals surface area contributed by atoms with E-state index in [9.17, 15) is 31.1 Å². The summed E-state index contributed by atoms with van der Waals surface area (Å²) in [6.07, 6.45) is -9.68. The minimum Gasteiger partial charge on any atom is -0.492 e. The van der Waals surface area contributed by atoms with Crippen LogP contribution in [0, 0.1) is 11.3 Å². The van der Waals surface area contributed by atoms with Crippen molar-refractivity contribution in [2.24, 2.45) is 0 Å². The summed E-state index contributed by atoms with van der Waals surface area (Å²) in [5.41, 5.74) is -1.55. The van der Waals surface area contributed by atoms with Crippen molar-refractivity contribution in [1.82, 2.24) is 5.32 Å². The Hall–Kier alpha value is -3.26. The second kappa shape index (κ2) is 9.31. The Balaban J connectivity index is 1.77. The van der Waals surface area contributed by atoms with Gasteiger partial charge in [0.1, 0.15) is 18.4 Å². The maximum Gasteiger partial charge on any atom is 0.417 e. The number of halogens is 6. The molecule has 2 N–H and O–H groups in total. The number of carbonyl (C=O) groups excluding carboxylic acids is 1. The van der Waals surface area contributed by atoms with Crippen LogP contribution in [0.4, 0.5) is 32.0 Å². The van der Waals surface area contributed by atoms with Gasteiger partial charge in [0.2, 0.25) is 5.91 Å². The molecule has 2 aromatic carbocycles. The van der Waals surface area contributed by atoms with Crippen molar-refractivity contribution in [3.63, 3.8) is 0 Å². The number of anilines is 1. The van der Waals surface area contributed by atoms with Crippen molar-refractivity contribution in [1.29, 1.82) is 5.26 Å². The van der Waals surface area contributed by atoms with E-state index in [1.54, 1.807) is 12.1 Å². The van der Waals surface area contributed by atoms with Crippen LogP contribution in [0.3, 0.4) is 0 Å². The van der Waals surface area contributed by atoms with Crippen LogP contribution in [0.2, 0.25) is 0 Å². The van der Waals surface area contributed by atoms with E-state index in [4.69, 9.17) is 10.00 Å². The summed E-state index contributed by atoms with van der Waals surface area (Å²) < 4.78 is 86.3. The van der Waals surface area contributed by atoms with Gasteiger partial charge in [0.05, 0.1) is 17.2 Å². The van der Waals surface area contributed by atoms with Gasteiger partial charge in [0.15, 0.2) is 0 Å². The zero-order valence-corrected chi connectivity index (χ0v) is 17.2. The molecule has 1 unspecified atom stereocenters. The van der Waals surface area contributed by atoms with Gasteiger partial charge < -0.3 is 10.1 Å². The third kappa shape index (κ3) is 5.96. The average Bonchev–Trinajstić information content (AvgIpc) is 3.17. The van der Waals surface area contributed by atoms with Crippen LogP contribution in [0.25, 0.3) is 0 Å². The Morgan fingerprint density at radius 3 is 2.36 bits per heavy atom. The summed E-state index contributed by atoms with van der Waals surface area (Å²) in [6, 6.07) is 7.42. The number of alkyl halides is 6. The van der Waals surface area contributed by atoms with E-state index in [1.165, 1.54) is 25.1 Å². The lowest BCUT2D eigenvalue weighted by molar-refractivity contribution is -0.156. The molecule has 0 saturated carbocycles. The highest BCUT2D eigenvalue weighted by molar-refractivity contribution is 5.88. The Morgan fingerprint density at radius 2 is 1.82 bits per heavy atom. The summed E-state index contributed by atoms with van der Waals surface area (Å²) >= 11 is 0. The maximum absolute atomic E-state index is 13.6. The first-order chi connectivity index (χ1) is 15.4. The molecule has 2 aromatic rings. The van der Waals surface area contributed by atoms with Crippen molar-refractivity contribution in [2.45, 2.75) is 43.7 Å². The van der Waals surface area contributed by atoms with Crippen molar-refractivity contribution >= 4 is 11.6 Å².